The number of carbonyl (C=O) groups excluding carboxylic acids is 5. The molecular weight excluding hydrogens is 502 g/mol. The molecule has 0 aliphatic carbocycles. The van der Waals surface area contributed by atoms with E-state index in [1.807, 2.05) is 39.8 Å². The lowest BCUT2D eigenvalue weighted by atomic mass is 9.97. The second-order valence-electron chi connectivity index (χ2n) is 10.2. The van der Waals surface area contributed by atoms with Crippen LogP contribution in [0.1, 0.15) is 39.7 Å². The van der Waals surface area contributed by atoms with Gasteiger partial charge in [0.25, 0.3) is 0 Å². The van der Waals surface area contributed by atoms with Crippen LogP contribution in [-0.4, -0.2) is 104 Å². The fourth-order valence-electron chi connectivity index (χ4n) is 4.44. The smallest absolute Gasteiger partial charge is 0.245 e. The Morgan fingerprint density at radius 1 is 0.949 bits per heavy atom. The Morgan fingerprint density at radius 3 is 1.97 bits per heavy atom. The van der Waals surface area contributed by atoms with Crippen molar-refractivity contribution in [1.82, 2.24) is 20.0 Å². The molecule has 39 heavy (non-hydrogen) atoms. The SMILES string of the molecule is CC[C@H](C)[C@@H](C(=O)NCC(=O)N(C)[C@H](C(=O)N(C)[C@H](C=O)Cc1ccc(OC)cc1)C(C)C)N(C)C(=O)CN. The van der Waals surface area contributed by atoms with Crippen LogP contribution < -0.4 is 15.8 Å². The maximum atomic E-state index is 13.5. The number of hydrogen-bond donors (Lipinski definition) is 2. The maximum Gasteiger partial charge on any atom is 0.245 e. The third kappa shape index (κ3) is 9.05. The van der Waals surface area contributed by atoms with Crippen molar-refractivity contribution in [3.8, 4) is 5.75 Å². The van der Waals surface area contributed by atoms with Gasteiger partial charge in [0.2, 0.25) is 23.6 Å². The molecule has 11 nitrogen and oxygen atoms in total. The van der Waals surface area contributed by atoms with E-state index in [2.05, 4.69) is 5.32 Å². The second kappa shape index (κ2) is 15.8. The number of aldehydes is 1. The van der Waals surface area contributed by atoms with E-state index in [-0.39, 0.29) is 36.7 Å². The first-order chi connectivity index (χ1) is 18.3. The summed E-state index contributed by atoms with van der Waals surface area (Å²) in [4.78, 5) is 67.6. The van der Waals surface area contributed by atoms with Crippen LogP contribution in [0, 0.1) is 11.8 Å². The summed E-state index contributed by atoms with van der Waals surface area (Å²) < 4.78 is 5.16. The Balaban J connectivity index is 2.98. The highest BCUT2D eigenvalue weighted by Gasteiger charge is 2.35. The number of nitrogens with two attached hydrogens (primary N) is 1. The number of methoxy groups -OCH3 is 1. The lowest BCUT2D eigenvalue weighted by Gasteiger charge is -2.35. The number of hydrogen-bond acceptors (Lipinski definition) is 7. The quantitative estimate of drug-likeness (QED) is 0.308. The molecule has 0 aromatic heterocycles. The average molecular weight is 548 g/mol. The molecule has 0 bridgehead atoms. The highest BCUT2D eigenvalue weighted by Crippen LogP contribution is 2.18. The average Bonchev–Trinajstić information content (AvgIpc) is 2.93. The number of carbonyl (C=O) groups is 5. The van der Waals surface area contributed by atoms with E-state index in [0.717, 1.165) is 11.8 Å². The van der Waals surface area contributed by atoms with Gasteiger partial charge in [0.05, 0.1) is 26.2 Å². The zero-order valence-electron chi connectivity index (χ0n) is 24.5. The minimum atomic E-state index is -0.857. The van der Waals surface area contributed by atoms with Crippen molar-refractivity contribution in [2.24, 2.45) is 17.6 Å². The van der Waals surface area contributed by atoms with Gasteiger partial charge in [-0.05, 0) is 36.0 Å². The number of rotatable bonds is 15. The molecule has 0 aliphatic rings. The van der Waals surface area contributed by atoms with Gasteiger partial charge in [0, 0.05) is 21.1 Å². The summed E-state index contributed by atoms with van der Waals surface area (Å²) >= 11 is 0. The van der Waals surface area contributed by atoms with Crippen molar-refractivity contribution >= 4 is 29.9 Å². The van der Waals surface area contributed by atoms with Gasteiger partial charge in [-0.15, -0.1) is 0 Å². The Morgan fingerprint density at radius 2 is 1.51 bits per heavy atom. The monoisotopic (exact) mass is 547 g/mol. The van der Waals surface area contributed by atoms with Crippen LogP contribution in [0.4, 0.5) is 0 Å². The molecule has 11 heteroatoms. The van der Waals surface area contributed by atoms with Crippen LogP contribution in [-0.2, 0) is 30.4 Å². The molecule has 0 heterocycles. The molecular formula is C28H45N5O6. The first-order valence-electron chi connectivity index (χ1n) is 13.2. The van der Waals surface area contributed by atoms with E-state index in [0.29, 0.717) is 18.6 Å². The van der Waals surface area contributed by atoms with Crippen molar-refractivity contribution in [3.05, 3.63) is 29.8 Å². The number of ether oxygens (including phenoxy) is 1. The maximum absolute atomic E-state index is 13.5. The first kappa shape index (κ1) is 33.6. The zero-order valence-corrected chi connectivity index (χ0v) is 24.5. The van der Waals surface area contributed by atoms with Crippen molar-refractivity contribution in [3.63, 3.8) is 0 Å². The minimum Gasteiger partial charge on any atom is -0.497 e. The van der Waals surface area contributed by atoms with Gasteiger partial charge in [0.15, 0.2) is 0 Å². The summed E-state index contributed by atoms with van der Waals surface area (Å²) in [5, 5.41) is 2.62. The molecule has 218 valence electrons. The highest BCUT2D eigenvalue weighted by molar-refractivity contribution is 5.93. The normalized spacial score (nSPS) is 14.0. The molecule has 0 radical (unpaired) electrons. The first-order valence-corrected chi connectivity index (χ1v) is 13.2. The molecule has 1 rings (SSSR count). The van der Waals surface area contributed by atoms with Crippen molar-refractivity contribution in [2.45, 2.75) is 58.7 Å². The van der Waals surface area contributed by atoms with Crippen LogP contribution in [0.5, 0.6) is 5.75 Å². The Kier molecular flexibility index (Phi) is 13.6. The van der Waals surface area contributed by atoms with E-state index in [1.165, 1.54) is 28.8 Å². The van der Waals surface area contributed by atoms with Gasteiger partial charge in [0.1, 0.15) is 24.1 Å². The van der Waals surface area contributed by atoms with E-state index < -0.39 is 29.9 Å². The molecule has 0 fully saturated rings. The lowest BCUT2D eigenvalue weighted by molar-refractivity contribution is -0.148. The standard InChI is InChI=1S/C28H45N5O6/c1-9-19(4)26(32(6)23(35)15-29)27(37)30-16-24(36)33(7)25(18(2)3)28(38)31(5)21(17-34)14-20-10-12-22(39-8)13-11-20/h10-13,17-19,21,25-26H,9,14-16,29H2,1-8H3,(H,30,37)/t19-,21-,25-,26-/m0/s1. The summed E-state index contributed by atoms with van der Waals surface area (Å²) in [6.45, 7) is 6.79. The molecule has 0 unspecified atom stereocenters. The number of nitrogens with one attached hydrogen (secondary N) is 1. The Labute approximate surface area is 232 Å². The minimum absolute atomic E-state index is 0.164. The summed E-state index contributed by atoms with van der Waals surface area (Å²) in [5.41, 5.74) is 6.32. The Bertz CT molecular complexity index is 983. The van der Waals surface area contributed by atoms with Gasteiger partial charge in [-0.2, -0.15) is 0 Å². The topological polar surface area (TPSA) is 142 Å². The highest BCUT2D eigenvalue weighted by atomic mass is 16.5. The molecule has 0 saturated heterocycles. The van der Waals surface area contributed by atoms with Crippen molar-refractivity contribution < 1.29 is 28.7 Å². The summed E-state index contributed by atoms with van der Waals surface area (Å²) in [6.07, 6.45) is 1.66. The second-order valence-corrected chi connectivity index (χ2v) is 10.2. The summed E-state index contributed by atoms with van der Waals surface area (Å²) in [7, 11) is 6.12. The van der Waals surface area contributed by atoms with E-state index in [9.17, 15) is 24.0 Å². The van der Waals surface area contributed by atoms with Gasteiger partial charge in [-0.25, -0.2) is 0 Å². The van der Waals surface area contributed by atoms with Gasteiger partial charge in [-0.3, -0.25) is 19.2 Å². The molecule has 3 N–H and O–H groups in total. The van der Waals surface area contributed by atoms with Crippen LogP contribution in [0.15, 0.2) is 24.3 Å². The van der Waals surface area contributed by atoms with Gasteiger partial charge >= 0.3 is 0 Å². The summed E-state index contributed by atoms with van der Waals surface area (Å²) in [6, 6.07) is 4.85. The number of amides is 4. The lowest BCUT2D eigenvalue weighted by Crippen LogP contribution is -2.57. The van der Waals surface area contributed by atoms with Crippen molar-refractivity contribution in [1.29, 1.82) is 0 Å². The third-order valence-corrected chi connectivity index (χ3v) is 7.15. The Hall–Kier alpha value is -3.47. The van der Waals surface area contributed by atoms with Crippen molar-refractivity contribution in [2.75, 3.05) is 41.3 Å². The predicted molar refractivity (Wildman–Crippen MR) is 149 cm³/mol. The number of benzene rings is 1. The van der Waals surface area contributed by atoms with Crippen LogP contribution in [0.2, 0.25) is 0 Å². The molecule has 1 aromatic rings. The number of likely N-dealkylation sites (N-methyl/N-ethyl adjacent to an activating group) is 3. The molecule has 0 saturated carbocycles. The molecule has 4 amide bonds. The van der Waals surface area contributed by atoms with Crippen LogP contribution >= 0.6 is 0 Å². The van der Waals surface area contributed by atoms with Gasteiger partial charge < -0.3 is 35.3 Å². The van der Waals surface area contributed by atoms with E-state index in [4.69, 9.17) is 10.5 Å². The molecule has 4 atom stereocenters. The molecule has 0 spiro atoms. The van der Waals surface area contributed by atoms with E-state index in [1.54, 1.807) is 26.3 Å². The third-order valence-electron chi connectivity index (χ3n) is 7.15. The summed E-state index contributed by atoms with van der Waals surface area (Å²) in [5.74, 6) is -1.46. The fraction of sp³-hybridized carbons (Fsp3) is 0.607. The van der Waals surface area contributed by atoms with Gasteiger partial charge in [-0.1, -0.05) is 46.2 Å². The number of nitrogens with zero attached hydrogens (tertiary/aromatic N) is 3. The van der Waals surface area contributed by atoms with Crippen LogP contribution in [0.3, 0.4) is 0 Å². The zero-order chi connectivity index (χ0) is 29.9. The molecule has 0 aliphatic heterocycles. The fourth-order valence-corrected chi connectivity index (χ4v) is 4.44. The van der Waals surface area contributed by atoms with Crippen LogP contribution in [0.25, 0.3) is 0 Å². The largest absolute Gasteiger partial charge is 0.497 e. The predicted octanol–water partition coefficient (Wildman–Crippen LogP) is 0.695. The molecule has 1 aromatic carbocycles. The van der Waals surface area contributed by atoms with E-state index >= 15 is 0 Å².